The Morgan fingerprint density at radius 3 is 3.21 bits per heavy atom. The second kappa shape index (κ2) is 2.42. The van der Waals surface area contributed by atoms with Crippen molar-refractivity contribution in [2.75, 3.05) is 6.61 Å². The molecule has 1 aromatic carbocycles. The van der Waals surface area contributed by atoms with Crippen LogP contribution in [0.4, 0.5) is 0 Å². The molecule has 1 N–H and O–H groups in total. The van der Waals surface area contributed by atoms with Crippen molar-refractivity contribution in [2.45, 2.75) is 25.0 Å². The van der Waals surface area contributed by atoms with Gasteiger partial charge in [-0.2, -0.15) is 0 Å². The van der Waals surface area contributed by atoms with Gasteiger partial charge in [0.2, 0.25) is 6.29 Å². The number of ether oxygens (including phenoxy) is 2. The van der Waals surface area contributed by atoms with E-state index in [-0.39, 0.29) is 11.7 Å². The fourth-order valence-corrected chi connectivity index (χ4v) is 2.26. The summed E-state index contributed by atoms with van der Waals surface area (Å²) in [4.78, 5) is 0. The van der Waals surface area contributed by atoms with Crippen molar-refractivity contribution in [1.82, 2.24) is 0 Å². The molecule has 2 unspecified atom stereocenters. The number of fused-ring (bicyclic) bond motifs is 4. The van der Waals surface area contributed by atoms with Gasteiger partial charge in [0.25, 0.3) is 0 Å². The summed E-state index contributed by atoms with van der Waals surface area (Å²) in [5, 5.41) is 9.43. The average molecular weight is 192 g/mol. The molecule has 1 fully saturated rings. The van der Waals surface area contributed by atoms with E-state index >= 15 is 0 Å². The van der Waals surface area contributed by atoms with Crippen LogP contribution in [0.1, 0.15) is 18.9 Å². The number of aromatic hydroxyl groups is 1. The molecule has 2 bridgehead atoms. The number of phenols is 1. The van der Waals surface area contributed by atoms with E-state index in [1.54, 1.807) is 12.1 Å². The molecule has 2 atom stereocenters. The molecule has 1 aromatic rings. The van der Waals surface area contributed by atoms with Crippen molar-refractivity contribution < 1.29 is 14.6 Å². The second-order valence-corrected chi connectivity index (χ2v) is 4.30. The maximum Gasteiger partial charge on any atom is 0.200 e. The summed E-state index contributed by atoms with van der Waals surface area (Å²) in [5.41, 5.74) is 1.07. The van der Waals surface area contributed by atoms with E-state index < -0.39 is 0 Å². The lowest BCUT2D eigenvalue weighted by molar-refractivity contribution is -0.0380. The first-order valence-corrected chi connectivity index (χ1v) is 4.79. The van der Waals surface area contributed by atoms with E-state index in [1.165, 1.54) is 0 Å². The molecule has 0 saturated carbocycles. The lowest BCUT2D eigenvalue weighted by Crippen LogP contribution is -2.28. The Kier molecular flexibility index (Phi) is 1.40. The van der Waals surface area contributed by atoms with Gasteiger partial charge in [0, 0.05) is 17.4 Å². The van der Waals surface area contributed by atoms with Crippen LogP contribution >= 0.6 is 0 Å². The van der Waals surface area contributed by atoms with Gasteiger partial charge in [0.15, 0.2) is 0 Å². The quantitative estimate of drug-likeness (QED) is 0.681. The molecule has 3 nitrogen and oxygen atoms in total. The van der Waals surface area contributed by atoms with E-state index in [0.717, 1.165) is 17.7 Å². The Balaban J connectivity index is 2.19. The standard InChI is InChI=1S/C11H12O3/c1-11-5-10(13-6-11)14-9-3-2-7(12)4-8(9)11/h2-4,10,12H,5-6H2,1H3. The van der Waals surface area contributed by atoms with Crippen molar-refractivity contribution >= 4 is 0 Å². The van der Waals surface area contributed by atoms with Crippen LogP contribution in [-0.4, -0.2) is 18.0 Å². The van der Waals surface area contributed by atoms with Crippen LogP contribution in [-0.2, 0) is 10.2 Å². The molecule has 14 heavy (non-hydrogen) atoms. The van der Waals surface area contributed by atoms with Gasteiger partial charge in [-0.25, -0.2) is 0 Å². The highest BCUT2D eigenvalue weighted by Gasteiger charge is 2.44. The highest BCUT2D eigenvalue weighted by molar-refractivity contribution is 5.46. The Morgan fingerprint density at radius 1 is 1.50 bits per heavy atom. The van der Waals surface area contributed by atoms with E-state index in [2.05, 4.69) is 6.92 Å². The van der Waals surface area contributed by atoms with Gasteiger partial charge >= 0.3 is 0 Å². The molecule has 0 aliphatic carbocycles. The summed E-state index contributed by atoms with van der Waals surface area (Å²) in [6.45, 7) is 2.82. The van der Waals surface area contributed by atoms with Crippen molar-refractivity contribution in [3.63, 3.8) is 0 Å². The fraction of sp³-hybridized carbons (Fsp3) is 0.455. The van der Waals surface area contributed by atoms with Gasteiger partial charge in [-0.15, -0.1) is 0 Å². The van der Waals surface area contributed by atoms with E-state index in [9.17, 15) is 5.11 Å². The zero-order valence-corrected chi connectivity index (χ0v) is 7.99. The first-order chi connectivity index (χ1) is 6.67. The SMILES string of the molecule is CC12COC(C1)Oc1ccc(O)cc12. The molecule has 2 aliphatic heterocycles. The van der Waals surface area contributed by atoms with Crippen LogP contribution in [0.25, 0.3) is 0 Å². The molecule has 1 saturated heterocycles. The largest absolute Gasteiger partial charge is 0.508 e. The topological polar surface area (TPSA) is 38.7 Å². The number of benzene rings is 1. The fourth-order valence-electron chi connectivity index (χ4n) is 2.26. The van der Waals surface area contributed by atoms with Crippen LogP contribution in [0.5, 0.6) is 11.5 Å². The first kappa shape index (κ1) is 8.12. The molecule has 3 rings (SSSR count). The lowest BCUT2D eigenvalue weighted by atomic mass is 9.80. The summed E-state index contributed by atoms with van der Waals surface area (Å²) in [6, 6.07) is 5.23. The number of rotatable bonds is 0. The molecule has 2 aliphatic rings. The van der Waals surface area contributed by atoms with Gasteiger partial charge < -0.3 is 14.6 Å². The summed E-state index contributed by atoms with van der Waals surface area (Å²) in [6.07, 6.45) is 0.778. The smallest absolute Gasteiger partial charge is 0.200 e. The molecule has 0 aromatic heterocycles. The molecular formula is C11H12O3. The minimum atomic E-state index is -0.1000. The first-order valence-electron chi connectivity index (χ1n) is 4.79. The molecular weight excluding hydrogens is 180 g/mol. The Labute approximate surface area is 82.3 Å². The molecule has 2 heterocycles. The van der Waals surface area contributed by atoms with E-state index in [1.807, 2.05) is 6.07 Å². The predicted molar refractivity (Wildman–Crippen MR) is 50.4 cm³/mol. The molecule has 3 heteroatoms. The summed E-state index contributed by atoms with van der Waals surface area (Å²) >= 11 is 0. The third kappa shape index (κ3) is 0.960. The highest BCUT2D eigenvalue weighted by atomic mass is 16.7. The van der Waals surface area contributed by atoms with Gasteiger partial charge in [-0.1, -0.05) is 6.92 Å². The maximum atomic E-state index is 9.43. The molecule has 0 spiro atoms. The number of phenolic OH excluding ortho intramolecular Hbond substituents is 1. The molecule has 0 amide bonds. The average Bonchev–Trinajstić information content (AvgIpc) is 2.47. The van der Waals surface area contributed by atoms with E-state index in [4.69, 9.17) is 9.47 Å². The minimum Gasteiger partial charge on any atom is -0.508 e. The lowest BCUT2D eigenvalue weighted by Gasteiger charge is -2.29. The van der Waals surface area contributed by atoms with Gasteiger partial charge in [0.1, 0.15) is 11.5 Å². The predicted octanol–water partition coefficient (Wildman–Crippen LogP) is 1.79. The monoisotopic (exact) mass is 192 g/mol. The highest BCUT2D eigenvalue weighted by Crippen LogP contribution is 2.46. The van der Waals surface area contributed by atoms with Gasteiger partial charge in [-0.05, 0) is 18.2 Å². The van der Waals surface area contributed by atoms with Crippen LogP contribution in [0.3, 0.4) is 0 Å². The maximum absolute atomic E-state index is 9.43. The van der Waals surface area contributed by atoms with E-state index in [0.29, 0.717) is 12.4 Å². The van der Waals surface area contributed by atoms with Gasteiger partial charge in [0.05, 0.1) is 6.61 Å². The zero-order chi connectivity index (χ0) is 9.76. The number of hydrogen-bond donors (Lipinski definition) is 1. The van der Waals surface area contributed by atoms with Crippen LogP contribution in [0, 0.1) is 0 Å². The minimum absolute atomic E-state index is 0.0109. The van der Waals surface area contributed by atoms with Crippen molar-refractivity contribution in [3.8, 4) is 11.5 Å². The van der Waals surface area contributed by atoms with Crippen LogP contribution < -0.4 is 4.74 Å². The van der Waals surface area contributed by atoms with Crippen molar-refractivity contribution in [3.05, 3.63) is 23.8 Å². The summed E-state index contributed by atoms with van der Waals surface area (Å²) in [5.74, 6) is 1.14. The molecule has 74 valence electrons. The third-order valence-electron chi connectivity index (χ3n) is 3.08. The third-order valence-corrected chi connectivity index (χ3v) is 3.08. The second-order valence-electron chi connectivity index (χ2n) is 4.30. The van der Waals surface area contributed by atoms with Crippen LogP contribution in [0.15, 0.2) is 18.2 Å². The normalized spacial score (nSPS) is 33.6. The summed E-state index contributed by atoms with van der Waals surface area (Å²) in [7, 11) is 0. The van der Waals surface area contributed by atoms with Crippen LogP contribution in [0.2, 0.25) is 0 Å². The van der Waals surface area contributed by atoms with Crippen molar-refractivity contribution in [1.29, 1.82) is 0 Å². The Morgan fingerprint density at radius 2 is 2.36 bits per heavy atom. The Bertz CT molecular complexity index is 388. The number of hydrogen-bond acceptors (Lipinski definition) is 3. The molecule has 0 radical (unpaired) electrons. The Hall–Kier alpha value is -1.22. The van der Waals surface area contributed by atoms with Crippen molar-refractivity contribution in [2.24, 2.45) is 0 Å². The summed E-state index contributed by atoms with van der Waals surface area (Å²) < 4.78 is 11.1. The zero-order valence-electron chi connectivity index (χ0n) is 7.99. The van der Waals surface area contributed by atoms with Gasteiger partial charge in [-0.3, -0.25) is 0 Å².